The molecule has 0 radical (unpaired) electrons. The van der Waals surface area contributed by atoms with Crippen LogP contribution in [0.15, 0.2) is 48.5 Å². The normalized spacial score (nSPS) is 11.0. The van der Waals surface area contributed by atoms with Gasteiger partial charge in [-0.2, -0.15) is 0 Å². The number of nitrogens with two attached hydrogens (primary N) is 1. The second kappa shape index (κ2) is 5.84. The second-order valence-corrected chi connectivity index (χ2v) is 5.96. The molecule has 0 saturated heterocycles. The zero-order valence-electron chi connectivity index (χ0n) is 13.6. The first-order valence-corrected chi connectivity index (χ1v) is 8.04. The molecule has 112 valence electrons. The van der Waals surface area contributed by atoms with Gasteiger partial charge in [0, 0.05) is 5.69 Å². The van der Waals surface area contributed by atoms with E-state index in [0.717, 1.165) is 18.5 Å². The molecule has 0 heterocycles. The summed E-state index contributed by atoms with van der Waals surface area (Å²) in [5.74, 6) is 0. The van der Waals surface area contributed by atoms with Crippen LogP contribution < -0.4 is 5.73 Å². The van der Waals surface area contributed by atoms with Crippen LogP contribution in [0.5, 0.6) is 0 Å². The average molecular weight is 289 g/mol. The lowest BCUT2D eigenvalue weighted by Crippen LogP contribution is -1.92. The Kier molecular flexibility index (Phi) is 3.89. The summed E-state index contributed by atoms with van der Waals surface area (Å²) in [4.78, 5) is 0. The smallest absolute Gasteiger partial charge is 0.0323 e. The van der Waals surface area contributed by atoms with E-state index in [4.69, 9.17) is 5.73 Å². The van der Waals surface area contributed by atoms with E-state index in [1.807, 2.05) is 6.07 Å². The lowest BCUT2D eigenvalue weighted by molar-refractivity contribution is 1.04. The number of benzene rings is 3. The van der Waals surface area contributed by atoms with Gasteiger partial charge in [0.25, 0.3) is 0 Å². The van der Waals surface area contributed by atoms with E-state index in [-0.39, 0.29) is 0 Å². The SMILES string of the molecule is CCc1ccc(-c2ccc3c(C)cc(N)cc3c2)cc1CC. The van der Waals surface area contributed by atoms with E-state index >= 15 is 0 Å². The lowest BCUT2D eigenvalue weighted by atomic mass is 9.94. The molecule has 1 heteroatoms. The van der Waals surface area contributed by atoms with Crippen LogP contribution in [-0.2, 0) is 12.8 Å². The van der Waals surface area contributed by atoms with Crippen LogP contribution in [0.25, 0.3) is 21.9 Å². The minimum atomic E-state index is 0.831. The van der Waals surface area contributed by atoms with Crippen molar-refractivity contribution in [3.63, 3.8) is 0 Å². The van der Waals surface area contributed by atoms with E-state index in [2.05, 4.69) is 63.2 Å². The standard InChI is InChI=1S/C21H23N/c1-4-15-6-7-17(11-16(15)5-2)18-8-9-21-14(3)10-20(22)13-19(21)12-18/h6-13H,4-5,22H2,1-3H3. The summed E-state index contributed by atoms with van der Waals surface area (Å²) < 4.78 is 0. The fraction of sp³-hybridized carbons (Fsp3) is 0.238. The Morgan fingerprint density at radius 2 is 1.45 bits per heavy atom. The molecular weight excluding hydrogens is 266 g/mol. The predicted octanol–water partition coefficient (Wildman–Crippen LogP) is 5.52. The molecule has 3 aromatic carbocycles. The molecule has 0 amide bonds. The Morgan fingerprint density at radius 1 is 0.773 bits per heavy atom. The van der Waals surface area contributed by atoms with Gasteiger partial charge in [0.2, 0.25) is 0 Å². The Labute approximate surface area is 132 Å². The molecule has 2 N–H and O–H groups in total. The van der Waals surface area contributed by atoms with Crippen LogP contribution in [0.2, 0.25) is 0 Å². The van der Waals surface area contributed by atoms with E-state index < -0.39 is 0 Å². The van der Waals surface area contributed by atoms with Gasteiger partial charge in [-0.1, -0.05) is 44.2 Å². The summed E-state index contributed by atoms with van der Waals surface area (Å²) in [6.45, 7) is 6.56. The maximum absolute atomic E-state index is 6.00. The molecule has 0 aliphatic rings. The molecule has 0 aliphatic carbocycles. The highest BCUT2D eigenvalue weighted by molar-refractivity contribution is 5.92. The van der Waals surface area contributed by atoms with Crippen molar-refractivity contribution >= 4 is 16.5 Å². The van der Waals surface area contributed by atoms with Crippen molar-refractivity contribution in [2.75, 3.05) is 5.73 Å². The van der Waals surface area contributed by atoms with Crippen molar-refractivity contribution < 1.29 is 0 Å². The van der Waals surface area contributed by atoms with Crippen LogP contribution in [-0.4, -0.2) is 0 Å². The molecule has 0 spiro atoms. The fourth-order valence-corrected chi connectivity index (χ4v) is 3.25. The summed E-state index contributed by atoms with van der Waals surface area (Å²) in [6, 6.07) is 17.6. The summed E-state index contributed by atoms with van der Waals surface area (Å²) in [7, 11) is 0. The molecular formula is C21H23N. The number of hydrogen-bond acceptors (Lipinski definition) is 1. The largest absolute Gasteiger partial charge is 0.399 e. The number of aryl methyl sites for hydroxylation is 3. The van der Waals surface area contributed by atoms with Crippen molar-refractivity contribution in [2.45, 2.75) is 33.6 Å². The van der Waals surface area contributed by atoms with Gasteiger partial charge in [0.05, 0.1) is 0 Å². The minimum absolute atomic E-state index is 0.831. The molecule has 0 aromatic heterocycles. The Hall–Kier alpha value is -2.28. The zero-order chi connectivity index (χ0) is 15.7. The van der Waals surface area contributed by atoms with Gasteiger partial charge in [-0.15, -0.1) is 0 Å². The Balaban J connectivity index is 2.14. The first kappa shape index (κ1) is 14.6. The molecule has 0 bridgehead atoms. The summed E-state index contributed by atoms with van der Waals surface area (Å²) >= 11 is 0. The zero-order valence-corrected chi connectivity index (χ0v) is 13.6. The Morgan fingerprint density at radius 3 is 2.18 bits per heavy atom. The monoisotopic (exact) mass is 289 g/mol. The first-order chi connectivity index (χ1) is 10.6. The second-order valence-electron chi connectivity index (χ2n) is 5.96. The van der Waals surface area contributed by atoms with Crippen molar-refractivity contribution in [1.82, 2.24) is 0 Å². The van der Waals surface area contributed by atoms with Crippen LogP contribution in [0.1, 0.15) is 30.5 Å². The molecule has 0 aliphatic heterocycles. The lowest BCUT2D eigenvalue weighted by Gasteiger charge is -2.11. The molecule has 0 unspecified atom stereocenters. The van der Waals surface area contributed by atoms with Gasteiger partial charge in [-0.05, 0) is 76.6 Å². The maximum Gasteiger partial charge on any atom is 0.0323 e. The topological polar surface area (TPSA) is 26.0 Å². The molecule has 3 aromatic rings. The number of nitrogen functional groups attached to an aromatic ring is 1. The third-order valence-corrected chi connectivity index (χ3v) is 4.48. The Bertz CT molecular complexity index is 831. The quantitative estimate of drug-likeness (QED) is 0.631. The highest BCUT2D eigenvalue weighted by atomic mass is 14.5. The van der Waals surface area contributed by atoms with Gasteiger partial charge >= 0.3 is 0 Å². The van der Waals surface area contributed by atoms with Gasteiger partial charge in [-0.3, -0.25) is 0 Å². The van der Waals surface area contributed by atoms with Crippen LogP contribution in [0, 0.1) is 6.92 Å². The third kappa shape index (κ3) is 2.59. The number of hydrogen-bond donors (Lipinski definition) is 1. The summed E-state index contributed by atoms with van der Waals surface area (Å²) in [5, 5.41) is 2.49. The average Bonchev–Trinajstić information content (AvgIpc) is 2.53. The predicted molar refractivity (Wildman–Crippen MR) is 97.3 cm³/mol. The molecule has 22 heavy (non-hydrogen) atoms. The summed E-state index contributed by atoms with van der Waals surface area (Å²) in [6.07, 6.45) is 2.17. The van der Waals surface area contributed by atoms with E-state index in [1.54, 1.807) is 0 Å². The number of rotatable bonds is 3. The third-order valence-electron chi connectivity index (χ3n) is 4.48. The van der Waals surface area contributed by atoms with E-state index in [0.29, 0.717) is 0 Å². The minimum Gasteiger partial charge on any atom is -0.399 e. The molecule has 0 saturated carbocycles. The van der Waals surface area contributed by atoms with Crippen LogP contribution >= 0.6 is 0 Å². The molecule has 3 rings (SSSR count). The van der Waals surface area contributed by atoms with Gasteiger partial charge < -0.3 is 5.73 Å². The van der Waals surface area contributed by atoms with Gasteiger partial charge in [0.1, 0.15) is 0 Å². The van der Waals surface area contributed by atoms with Crippen molar-refractivity contribution in [2.24, 2.45) is 0 Å². The van der Waals surface area contributed by atoms with Crippen molar-refractivity contribution in [1.29, 1.82) is 0 Å². The van der Waals surface area contributed by atoms with Crippen molar-refractivity contribution in [3.05, 3.63) is 65.2 Å². The van der Waals surface area contributed by atoms with Crippen LogP contribution in [0.4, 0.5) is 5.69 Å². The maximum atomic E-state index is 6.00. The van der Waals surface area contributed by atoms with Crippen molar-refractivity contribution in [3.8, 4) is 11.1 Å². The van der Waals surface area contributed by atoms with Crippen LogP contribution in [0.3, 0.4) is 0 Å². The number of anilines is 1. The highest BCUT2D eigenvalue weighted by Gasteiger charge is 2.06. The van der Waals surface area contributed by atoms with E-state index in [1.165, 1.54) is 38.6 Å². The van der Waals surface area contributed by atoms with Gasteiger partial charge in [-0.25, -0.2) is 0 Å². The highest BCUT2D eigenvalue weighted by Crippen LogP contribution is 2.29. The van der Waals surface area contributed by atoms with E-state index in [9.17, 15) is 0 Å². The number of fused-ring (bicyclic) bond motifs is 1. The summed E-state index contributed by atoms with van der Waals surface area (Å²) in [5.41, 5.74) is 13.5. The molecule has 0 atom stereocenters. The molecule has 1 nitrogen and oxygen atoms in total. The van der Waals surface area contributed by atoms with Gasteiger partial charge in [0.15, 0.2) is 0 Å². The fourth-order valence-electron chi connectivity index (χ4n) is 3.25. The first-order valence-electron chi connectivity index (χ1n) is 8.04. The molecule has 0 fully saturated rings.